The van der Waals surface area contributed by atoms with Crippen molar-refractivity contribution in [2.75, 3.05) is 39.4 Å². The first-order chi connectivity index (χ1) is 11.7. The summed E-state index contributed by atoms with van der Waals surface area (Å²) in [7, 11) is 0. The molecule has 0 aromatic heterocycles. The third kappa shape index (κ3) is 4.88. The summed E-state index contributed by atoms with van der Waals surface area (Å²) in [6.07, 6.45) is 1.30. The molecular weight excluding hydrogens is 308 g/mol. The Morgan fingerprint density at radius 3 is 2.08 bits per heavy atom. The fourth-order valence-electron chi connectivity index (χ4n) is 2.71. The quantitative estimate of drug-likeness (QED) is 0.798. The van der Waals surface area contributed by atoms with Gasteiger partial charge in [0.25, 0.3) is 5.91 Å². The summed E-state index contributed by atoms with van der Waals surface area (Å²) in [6, 6.07) is 7.34. The van der Waals surface area contributed by atoms with E-state index in [1.807, 2.05) is 36.9 Å². The first-order valence-corrected chi connectivity index (χ1v) is 8.55. The molecular formula is C18H26N2O4. The number of nitrogens with zero attached hydrogens (tertiary/aromatic N) is 2. The largest absolute Gasteiger partial charge is 0.490 e. The molecule has 1 aliphatic heterocycles. The zero-order valence-electron chi connectivity index (χ0n) is 14.5. The van der Waals surface area contributed by atoms with Crippen LogP contribution in [0, 0.1) is 0 Å². The zero-order valence-corrected chi connectivity index (χ0v) is 14.5. The molecule has 1 saturated heterocycles. The van der Waals surface area contributed by atoms with Crippen LogP contribution in [0.3, 0.4) is 0 Å². The Morgan fingerprint density at radius 1 is 0.917 bits per heavy atom. The molecule has 6 nitrogen and oxygen atoms in total. The Kier molecular flexibility index (Phi) is 6.90. The molecule has 0 spiro atoms. The Morgan fingerprint density at radius 2 is 1.50 bits per heavy atom. The lowest BCUT2D eigenvalue weighted by Crippen LogP contribution is -2.39. The first kappa shape index (κ1) is 18.1. The summed E-state index contributed by atoms with van der Waals surface area (Å²) in [6.45, 7) is 6.80. The Labute approximate surface area is 143 Å². The second-order valence-electron chi connectivity index (χ2n) is 5.64. The maximum absolute atomic E-state index is 12.4. The SMILES string of the molecule is CCOc1ccccc1OCC(=O)N1CCCN(C(=O)CC)CC1. The third-order valence-corrected chi connectivity index (χ3v) is 4.00. The van der Waals surface area contributed by atoms with Crippen LogP contribution < -0.4 is 9.47 Å². The lowest BCUT2D eigenvalue weighted by atomic mass is 10.3. The smallest absolute Gasteiger partial charge is 0.260 e. The van der Waals surface area contributed by atoms with Gasteiger partial charge >= 0.3 is 0 Å². The first-order valence-electron chi connectivity index (χ1n) is 8.55. The minimum atomic E-state index is -0.0629. The summed E-state index contributed by atoms with van der Waals surface area (Å²) in [5.74, 6) is 1.30. The summed E-state index contributed by atoms with van der Waals surface area (Å²) in [4.78, 5) is 27.8. The Bertz CT molecular complexity index is 562. The molecule has 0 saturated carbocycles. The number of hydrogen-bond acceptors (Lipinski definition) is 4. The van der Waals surface area contributed by atoms with Crippen molar-refractivity contribution >= 4 is 11.8 Å². The van der Waals surface area contributed by atoms with Gasteiger partial charge in [-0.3, -0.25) is 9.59 Å². The standard InChI is InChI=1S/C18H26N2O4/c1-3-17(21)19-10-7-11-20(13-12-19)18(22)14-24-16-9-6-5-8-15(16)23-4-2/h5-6,8-9H,3-4,7,10-14H2,1-2H3. The number of rotatable bonds is 6. The average Bonchev–Trinajstić information content (AvgIpc) is 2.86. The Hall–Kier alpha value is -2.24. The minimum absolute atomic E-state index is 0.0220. The Balaban J connectivity index is 1.88. The van der Waals surface area contributed by atoms with Crippen LogP contribution in [-0.2, 0) is 9.59 Å². The molecule has 0 atom stereocenters. The van der Waals surface area contributed by atoms with Gasteiger partial charge in [0.2, 0.25) is 5.91 Å². The van der Waals surface area contributed by atoms with E-state index < -0.39 is 0 Å². The van der Waals surface area contributed by atoms with E-state index in [9.17, 15) is 9.59 Å². The fourth-order valence-corrected chi connectivity index (χ4v) is 2.71. The lowest BCUT2D eigenvalue weighted by molar-refractivity contribution is -0.134. The summed E-state index contributed by atoms with van der Waals surface area (Å²) < 4.78 is 11.1. The number of ether oxygens (including phenoxy) is 2. The molecule has 2 rings (SSSR count). The van der Waals surface area contributed by atoms with E-state index in [0.717, 1.165) is 6.42 Å². The van der Waals surface area contributed by atoms with E-state index >= 15 is 0 Å². The molecule has 132 valence electrons. The van der Waals surface area contributed by atoms with Gasteiger partial charge < -0.3 is 19.3 Å². The minimum Gasteiger partial charge on any atom is -0.490 e. The van der Waals surface area contributed by atoms with Crippen LogP contribution in [0.25, 0.3) is 0 Å². The third-order valence-electron chi connectivity index (χ3n) is 4.00. The number of carbonyl (C=O) groups excluding carboxylic acids is 2. The van der Waals surface area contributed by atoms with E-state index in [2.05, 4.69) is 0 Å². The molecule has 1 heterocycles. The van der Waals surface area contributed by atoms with Gasteiger partial charge in [-0.25, -0.2) is 0 Å². The lowest BCUT2D eigenvalue weighted by Gasteiger charge is -2.22. The maximum Gasteiger partial charge on any atom is 0.260 e. The van der Waals surface area contributed by atoms with E-state index in [0.29, 0.717) is 50.7 Å². The predicted octanol–water partition coefficient (Wildman–Crippen LogP) is 1.93. The van der Waals surface area contributed by atoms with E-state index in [-0.39, 0.29) is 18.4 Å². The average molecular weight is 334 g/mol. The van der Waals surface area contributed by atoms with Gasteiger partial charge in [0.15, 0.2) is 18.1 Å². The number of carbonyl (C=O) groups is 2. The number of amides is 2. The van der Waals surface area contributed by atoms with Crippen molar-refractivity contribution < 1.29 is 19.1 Å². The van der Waals surface area contributed by atoms with Crippen molar-refractivity contribution in [1.29, 1.82) is 0 Å². The monoisotopic (exact) mass is 334 g/mol. The second-order valence-corrected chi connectivity index (χ2v) is 5.64. The molecule has 0 unspecified atom stereocenters. The molecule has 0 aliphatic carbocycles. The van der Waals surface area contributed by atoms with E-state index in [1.165, 1.54) is 0 Å². The molecule has 2 amide bonds. The van der Waals surface area contributed by atoms with Crippen molar-refractivity contribution in [2.45, 2.75) is 26.7 Å². The van der Waals surface area contributed by atoms with Crippen molar-refractivity contribution in [3.8, 4) is 11.5 Å². The van der Waals surface area contributed by atoms with Crippen LogP contribution >= 0.6 is 0 Å². The fraction of sp³-hybridized carbons (Fsp3) is 0.556. The van der Waals surface area contributed by atoms with Crippen LogP contribution in [0.2, 0.25) is 0 Å². The van der Waals surface area contributed by atoms with E-state index in [1.54, 1.807) is 11.0 Å². The highest BCUT2D eigenvalue weighted by atomic mass is 16.5. The molecule has 1 fully saturated rings. The molecule has 6 heteroatoms. The highest BCUT2D eigenvalue weighted by Crippen LogP contribution is 2.26. The van der Waals surface area contributed by atoms with Crippen LogP contribution in [0.15, 0.2) is 24.3 Å². The highest BCUT2D eigenvalue weighted by molar-refractivity contribution is 5.78. The molecule has 1 aromatic carbocycles. The molecule has 24 heavy (non-hydrogen) atoms. The van der Waals surface area contributed by atoms with Gasteiger partial charge in [-0.1, -0.05) is 19.1 Å². The van der Waals surface area contributed by atoms with E-state index in [4.69, 9.17) is 9.47 Å². The van der Waals surface area contributed by atoms with Crippen LogP contribution in [-0.4, -0.2) is 61.0 Å². The van der Waals surface area contributed by atoms with Gasteiger partial charge in [-0.2, -0.15) is 0 Å². The molecule has 0 N–H and O–H groups in total. The maximum atomic E-state index is 12.4. The van der Waals surface area contributed by atoms with Gasteiger partial charge in [0.1, 0.15) is 0 Å². The number of para-hydroxylation sites is 2. The number of benzene rings is 1. The summed E-state index contributed by atoms with van der Waals surface area (Å²) in [5, 5.41) is 0. The number of hydrogen-bond donors (Lipinski definition) is 0. The predicted molar refractivity (Wildman–Crippen MR) is 91.2 cm³/mol. The molecule has 1 aliphatic rings. The van der Waals surface area contributed by atoms with Crippen molar-refractivity contribution in [3.63, 3.8) is 0 Å². The summed E-state index contributed by atoms with van der Waals surface area (Å²) >= 11 is 0. The van der Waals surface area contributed by atoms with Crippen molar-refractivity contribution in [1.82, 2.24) is 9.80 Å². The molecule has 0 bridgehead atoms. The van der Waals surface area contributed by atoms with Gasteiger partial charge in [0.05, 0.1) is 6.61 Å². The van der Waals surface area contributed by atoms with Crippen molar-refractivity contribution in [2.24, 2.45) is 0 Å². The van der Waals surface area contributed by atoms with Crippen molar-refractivity contribution in [3.05, 3.63) is 24.3 Å². The molecule has 1 aromatic rings. The molecule has 0 radical (unpaired) electrons. The van der Waals surface area contributed by atoms with Gasteiger partial charge in [0, 0.05) is 32.6 Å². The highest BCUT2D eigenvalue weighted by Gasteiger charge is 2.21. The van der Waals surface area contributed by atoms with Gasteiger partial charge in [-0.15, -0.1) is 0 Å². The van der Waals surface area contributed by atoms with Crippen LogP contribution in [0.5, 0.6) is 11.5 Å². The summed E-state index contributed by atoms with van der Waals surface area (Å²) in [5.41, 5.74) is 0. The van der Waals surface area contributed by atoms with Gasteiger partial charge in [-0.05, 0) is 25.5 Å². The van der Waals surface area contributed by atoms with Crippen LogP contribution in [0.1, 0.15) is 26.7 Å². The van der Waals surface area contributed by atoms with Crippen LogP contribution in [0.4, 0.5) is 0 Å². The normalized spacial score (nSPS) is 14.9. The topological polar surface area (TPSA) is 59.1 Å². The zero-order chi connectivity index (χ0) is 17.4. The second kappa shape index (κ2) is 9.15.